The Morgan fingerprint density at radius 2 is 1.96 bits per heavy atom. The molecule has 1 aliphatic rings. The van der Waals surface area contributed by atoms with Crippen molar-refractivity contribution < 1.29 is 4.39 Å². The van der Waals surface area contributed by atoms with Crippen molar-refractivity contribution in [2.45, 2.75) is 31.8 Å². The summed E-state index contributed by atoms with van der Waals surface area (Å²) >= 11 is 5.38. The van der Waals surface area contributed by atoms with E-state index in [2.05, 4.69) is 16.3 Å². The summed E-state index contributed by atoms with van der Waals surface area (Å²) in [5.74, 6) is 0.364. The Morgan fingerprint density at radius 3 is 2.64 bits per heavy atom. The molecular weight excluding hydrogens is 375 g/mol. The van der Waals surface area contributed by atoms with E-state index in [4.69, 9.17) is 17.6 Å². The number of hydrogen-bond acceptors (Lipinski definition) is 5. The van der Waals surface area contributed by atoms with Crippen LogP contribution in [-0.4, -0.2) is 33.2 Å². The van der Waals surface area contributed by atoms with Gasteiger partial charge in [0.25, 0.3) is 0 Å². The first kappa shape index (κ1) is 20.2. The van der Waals surface area contributed by atoms with Crippen LogP contribution in [0.2, 0.25) is 0 Å². The predicted octanol–water partition coefficient (Wildman–Crippen LogP) is 3.05. The van der Waals surface area contributed by atoms with Gasteiger partial charge in [-0.15, -0.1) is 0 Å². The summed E-state index contributed by atoms with van der Waals surface area (Å²) in [6.45, 7) is 2.41. The second-order valence-corrected chi connectivity index (χ2v) is 7.58. The van der Waals surface area contributed by atoms with E-state index in [9.17, 15) is 9.65 Å². The van der Waals surface area contributed by atoms with Crippen molar-refractivity contribution in [1.82, 2.24) is 14.0 Å². The van der Waals surface area contributed by atoms with E-state index >= 15 is 0 Å². The van der Waals surface area contributed by atoms with Crippen LogP contribution in [0.25, 0.3) is 0 Å². The molecule has 3 rings (SSSR count). The zero-order chi connectivity index (χ0) is 20.3. The van der Waals surface area contributed by atoms with Gasteiger partial charge < -0.3 is 14.5 Å². The second-order valence-electron chi connectivity index (χ2n) is 7.21. The molecule has 2 N–H and O–H groups in total. The molecule has 0 radical (unpaired) electrons. The maximum absolute atomic E-state index is 13.2. The van der Waals surface area contributed by atoms with Gasteiger partial charge in [-0.1, -0.05) is 18.6 Å². The highest BCUT2D eigenvalue weighted by Crippen LogP contribution is 2.21. The maximum Gasteiger partial charge on any atom is 0.182 e. The van der Waals surface area contributed by atoms with E-state index < -0.39 is 0 Å². The van der Waals surface area contributed by atoms with Gasteiger partial charge in [-0.3, -0.25) is 10.3 Å². The number of halogens is 1. The van der Waals surface area contributed by atoms with Crippen molar-refractivity contribution in [3.05, 3.63) is 51.5 Å². The molecular formula is C20H25FN6S. The summed E-state index contributed by atoms with van der Waals surface area (Å²) < 4.78 is 16.9. The van der Waals surface area contributed by atoms with E-state index in [0.29, 0.717) is 28.7 Å². The van der Waals surface area contributed by atoms with Gasteiger partial charge in [-0.2, -0.15) is 5.26 Å². The van der Waals surface area contributed by atoms with Crippen LogP contribution in [0, 0.1) is 27.3 Å². The number of anilines is 1. The van der Waals surface area contributed by atoms with Crippen LogP contribution in [0.4, 0.5) is 10.2 Å². The molecule has 1 fully saturated rings. The highest BCUT2D eigenvalue weighted by Gasteiger charge is 2.23. The molecule has 1 aromatic carbocycles. The number of nitrogens with zero attached hydrogens (tertiary/aromatic N) is 4. The standard InChI is InChI=1S/C20H25FN6S/c1-25-18(23)17(11-22)19(26(2)20(25)28)24-12-16-5-3-4-10-27(16)13-14-6-8-15(21)9-7-14/h6-9,16,23-24H,3-5,10,12-13H2,1-2H3. The van der Waals surface area contributed by atoms with Crippen molar-refractivity contribution in [3.63, 3.8) is 0 Å². The average Bonchev–Trinajstić information content (AvgIpc) is 2.70. The first-order chi connectivity index (χ1) is 13.4. The minimum Gasteiger partial charge on any atom is -0.369 e. The zero-order valence-corrected chi connectivity index (χ0v) is 17.0. The number of piperidine rings is 1. The zero-order valence-electron chi connectivity index (χ0n) is 16.2. The molecule has 0 bridgehead atoms. The van der Waals surface area contributed by atoms with Gasteiger partial charge in [0.15, 0.2) is 4.77 Å². The average molecular weight is 401 g/mol. The number of benzene rings is 1. The van der Waals surface area contributed by atoms with Crippen LogP contribution in [0.3, 0.4) is 0 Å². The van der Waals surface area contributed by atoms with Gasteiger partial charge in [0.1, 0.15) is 28.8 Å². The van der Waals surface area contributed by atoms with Crippen LogP contribution < -0.4 is 10.8 Å². The summed E-state index contributed by atoms with van der Waals surface area (Å²) in [4.78, 5) is 2.40. The largest absolute Gasteiger partial charge is 0.369 e. The molecule has 0 aliphatic carbocycles. The minimum absolute atomic E-state index is 0.111. The highest BCUT2D eigenvalue weighted by atomic mass is 32.1. The van der Waals surface area contributed by atoms with Crippen LogP contribution in [-0.2, 0) is 20.6 Å². The lowest BCUT2D eigenvalue weighted by Gasteiger charge is -2.36. The molecule has 1 atom stereocenters. The third-order valence-corrected chi connectivity index (χ3v) is 5.93. The number of aromatic nitrogens is 2. The quantitative estimate of drug-likeness (QED) is 0.757. The molecule has 0 amide bonds. The Labute approximate surface area is 169 Å². The number of rotatable bonds is 5. The molecule has 1 unspecified atom stereocenters. The summed E-state index contributed by atoms with van der Waals surface area (Å²) in [6.07, 6.45) is 3.35. The molecule has 0 saturated carbocycles. The molecule has 28 heavy (non-hydrogen) atoms. The van der Waals surface area contributed by atoms with Crippen LogP contribution >= 0.6 is 12.2 Å². The normalized spacial score (nSPS) is 17.3. The predicted molar refractivity (Wildman–Crippen MR) is 109 cm³/mol. The van der Waals surface area contributed by atoms with E-state index in [0.717, 1.165) is 37.9 Å². The fourth-order valence-corrected chi connectivity index (χ4v) is 3.90. The Hall–Kier alpha value is -2.50. The molecule has 2 aromatic rings. The SMILES string of the molecule is Cn1c(NCC2CCCCN2Cc2ccc(F)cc2)c(C#N)c(=N)n(C)c1=S. The van der Waals surface area contributed by atoms with Gasteiger partial charge >= 0.3 is 0 Å². The summed E-state index contributed by atoms with van der Waals surface area (Å²) in [6, 6.07) is 9.07. The van der Waals surface area contributed by atoms with Crippen molar-refractivity contribution in [3.8, 4) is 6.07 Å². The summed E-state index contributed by atoms with van der Waals surface area (Å²) in [5.41, 5.74) is 1.49. The molecule has 0 spiro atoms. The molecule has 1 saturated heterocycles. The van der Waals surface area contributed by atoms with E-state index in [1.54, 1.807) is 11.6 Å². The first-order valence-corrected chi connectivity index (χ1v) is 9.80. The Bertz CT molecular complexity index is 1000. The van der Waals surface area contributed by atoms with E-state index in [1.165, 1.54) is 16.7 Å². The number of likely N-dealkylation sites (tertiary alicyclic amines) is 1. The highest BCUT2D eigenvalue weighted by molar-refractivity contribution is 7.71. The van der Waals surface area contributed by atoms with E-state index in [1.807, 2.05) is 19.2 Å². The number of hydrogen-bond donors (Lipinski definition) is 2. The topological polar surface area (TPSA) is 72.8 Å². The molecule has 1 aromatic heterocycles. The van der Waals surface area contributed by atoms with Gasteiger partial charge in [-0.25, -0.2) is 4.39 Å². The van der Waals surface area contributed by atoms with Crippen molar-refractivity contribution in [1.29, 1.82) is 10.7 Å². The van der Waals surface area contributed by atoms with Gasteiger partial charge in [0.05, 0.1) is 0 Å². The summed E-state index contributed by atoms with van der Waals surface area (Å²) in [5, 5.41) is 21.1. The Balaban J connectivity index is 1.79. The Morgan fingerprint density at radius 1 is 1.25 bits per heavy atom. The smallest absolute Gasteiger partial charge is 0.182 e. The van der Waals surface area contributed by atoms with E-state index in [-0.39, 0.29) is 11.3 Å². The van der Waals surface area contributed by atoms with Crippen LogP contribution in [0.1, 0.15) is 30.4 Å². The monoisotopic (exact) mass is 400 g/mol. The third-order valence-electron chi connectivity index (χ3n) is 5.38. The molecule has 8 heteroatoms. The second kappa shape index (κ2) is 8.67. The molecule has 6 nitrogen and oxygen atoms in total. The Kier molecular flexibility index (Phi) is 6.27. The maximum atomic E-state index is 13.2. The number of nitrogens with one attached hydrogen (secondary N) is 2. The van der Waals surface area contributed by atoms with Gasteiger partial charge in [0, 0.05) is 33.2 Å². The van der Waals surface area contributed by atoms with Crippen LogP contribution in [0.5, 0.6) is 0 Å². The fourth-order valence-electron chi connectivity index (χ4n) is 3.71. The lowest BCUT2D eigenvalue weighted by Crippen LogP contribution is -2.43. The van der Waals surface area contributed by atoms with Gasteiger partial charge in [0.2, 0.25) is 0 Å². The number of nitriles is 1. The molecule has 148 valence electrons. The summed E-state index contributed by atoms with van der Waals surface area (Å²) in [7, 11) is 3.50. The molecule has 2 heterocycles. The first-order valence-electron chi connectivity index (χ1n) is 9.39. The fraction of sp³-hybridized carbons (Fsp3) is 0.450. The van der Waals surface area contributed by atoms with Crippen molar-refractivity contribution in [2.75, 3.05) is 18.4 Å². The van der Waals surface area contributed by atoms with Crippen molar-refractivity contribution in [2.24, 2.45) is 14.1 Å². The third kappa shape index (κ3) is 4.16. The minimum atomic E-state index is -0.222. The lowest BCUT2D eigenvalue weighted by molar-refractivity contribution is 0.148. The van der Waals surface area contributed by atoms with Gasteiger partial charge in [-0.05, 0) is 49.3 Å². The molecule has 1 aliphatic heterocycles. The lowest BCUT2D eigenvalue weighted by atomic mass is 10.0. The van der Waals surface area contributed by atoms with Crippen molar-refractivity contribution >= 4 is 18.0 Å². The van der Waals surface area contributed by atoms with Crippen LogP contribution in [0.15, 0.2) is 24.3 Å².